The Hall–Kier alpha value is -2.81. The summed E-state index contributed by atoms with van der Waals surface area (Å²) in [5, 5.41) is 2.33. The van der Waals surface area contributed by atoms with Crippen LogP contribution < -0.4 is 5.32 Å². The third kappa shape index (κ3) is 4.72. The first kappa shape index (κ1) is 19.9. The second-order valence-electron chi connectivity index (χ2n) is 6.57. The van der Waals surface area contributed by atoms with Gasteiger partial charge in [0.2, 0.25) is 5.91 Å². The van der Waals surface area contributed by atoms with Gasteiger partial charge in [0.25, 0.3) is 5.91 Å². The number of aryl methyl sites for hydroxylation is 1. The van der Waals surface area contributed by atoms with Gasteiger partial charge in [0.1, 0.15) is 5.76 Å². The van der Waals surface area contributed by atoms with Crippen molar-refractivity contribution >= 4 is 17.5 Å². The van der Waals surface area contributed by atoms with E-state index in [9.17, 15) is 22.8 Å². The van der Waals surface area contributed by atoms with Crippen LogP contribution in [0.15, 0.2) is 40.8 Å². The molecule has 1 aromatic heterocycles. The van der Waals surface area contributed by atoms with Crippen molar-refractivity contribution in [1.82, 2.24) is 9.80 Å². The lowest BCUT2D eigenvalue weighted by Gasteiger charge is -2.33. The number of nitrogens with one attached hydrogen (secondary N) is 1. The van der Waals surface area contributed by atoms with Crippen molar-refractivity contribution in [3.8, 4) is 0 Å². The predicted octanol–water partition coefficient (Wildman–Crippen LogP) is 3.00. The van der Waals surface area contributed by atoms with E-state index in [0.29, 0.717) is 31.9 Å². The first-order chi connectivity index (χ1) is 13.2. The number of amides is 2. The van der Waals surface area contributed by atoms with Gasteiger partial charge in [-0.05, 0) is 31.2 Å². The lowest BCUT2D eigenvalue weighted by Crippen LogP contribution is -2.50. The predicted molar refractivity (Wildman–Crippen MR) is 95.9 cm³/mol. The Kier molecular flexibility index (Phi) is 5.73. The van der Waals surface area contributed by atoms with Crippen LogP contribution in [-0.2, 0) is 11.0 Å². The lowest BCUT2D eigenvalue weighted by molar-refractivity contribution is -0.137. The summed E-state index contributed by atoms with van der Waals surface area (Å²) in [5.74, 6) is 0.180. The van der Waals surface area contributed by atoms with Gasteiger partial charge in [0.05, 0.1) is 17.8 Å². The van der Waals surface area contributed by atoms with Gasteiger partial charge in [-0.2, -0.15) is 13.2 Å². The number of benzene rings is 1. The molecule has 1 aliphatic heterocycles. The molecule has 1 N–H and O–H groups in total. The highest BCUT2D eigenvalue weighted by Gasteiger charge is 2.33. The highest BCUT2D eigenvalue weighted by molar-refractivity contribution is 5.93. The van der Waals surface area contributed by atoms with Crippen LogP contribution in [0, 0.1) is 6.92 Å². The fourth-order valence-electron chi connectivity index (χ4n) is 3.05. The van der Waals surface area contributed by atoms with Crippen LogP contribution in [0.2, 0.25) is 0 Å². The van der Waals surface area contributed by atoms with Crippen LogP contribution in [0.3, 0.4) is 0 Å². The van der Waals surface area contributed by atoms with Gasteiger partial charge in [0, 0.05) is 26.2 Å². The van der Waals surface area contributed by atoms with Crippen molar-refractivity contribution in [3.63, 3.8) is 0 Å². The zero-order chi connectivity index (χ0) is 20.3. The standard InChI is InChI=1S/C19H20F3N3O3/c1-13-6-7-16(28-13)18(27)25-10-8-24(9-11-25)12-17(26)23-15-5-3-2-4-14(15)19(20,21)22/h2-7H,8-12H2,1H3,(H,23,26). The molecule has 0 bridgehead atoms. The topological polar surface area (TPSA) is 65.8 Å². The summed E-state index contributed by atoms with van der Waals surface area (Å²) in [4.78, 5) is 28.0. The van der Waals surface area contributed by atoms with Gasteiger partial charge in [-0.25, -0.2) is 0 Å². The smallest absolute Gasteiger partial charge is 0.418 e. The molecule has 3 rings (SSSR count). The van der Waals surface area contributed by atoms with E-state index >= 15 is 0 Å². The summed E-state index contributed by atoms with van der Waals surface area (Å²) >= 11 is 0. The zero-order valence-corrected chi connectivity index (χ0v) is 15.3. The quantitative estimate of drug-likeness (QED) is 0.865. The van der Waals surface area contributed by atoms with Gasteiger partial charge in [-0.1, -0.05) is 12.1 Å². The second-order valence-corrected chi connectivity index (χ2v) is 6.57. The molecule has 1 aromatic carbocycles. The number of carbonyl (C=O) groups is 2. The normalized spacial score (nSPS) is 15.5. The summed E-state index contributed by atoms with van der Waals surface area (Å²) < 4.78 is 44.4. The van der Waals surface area contributed by atoms with Crippen LogP contribution in [0.5, 0.6) is 0 Å². The van der Waals surface area contributed by atoms with E-state index in [1.165, 1.54) is 18.2 Å². The van der Waals surface area contributed by atoms with E-state index in [2.05, 4.69) is 5.32 Å². The first-order valence-electron chi connectivity index (χ1n) is 8.78. The molecule has 0 spiro atoms. The summed E-state index contributed by atoms with van der Waals surface area (Å²) in [5.41, 5.74) is -1.14. The molecule has 28 heavy (non-hydrogen) atoms. The lowest BCUT2D eigenvalue weighted by atomic mass is 10.1. The number of halogens is 3. The molecular weight excluding hydrogens is 375 g/mol. The number of alkyl halides is 3. The van der Waals surface area contributed by atoms with E-state index in [0.717, 1.165) is 6.07 Å². The molecule has 1 saturated heterocycles. The maximum atomic E-state index is 13.0. The van der Waals surface area contributed by atoms with E-state index in [-0.39, 0.29) is 23.9 Å². The molecule has 2 heterocycles. The largest absolute Gasteiger partial charge is 0.456 e. The number of carbonyl (C=O) groups excluding carboxylic acids is 2. The monoisotopic (exact) mass is 395 g/mol. The molecule has 2 aromatic rings. The second kappa shape index (κ2) is 8.05. The third-order valence-electron chi connectivity index (χ3n) is 4.48. The Labute approximate surface area is 159 Å². The highest BCUT2D eigenvalue weighted by atomic mass is 19.4. The van der Waals surface area contributed by atoms with Crippen molar-refractivity contribution in [3.05, 3.63) is 53.5 Å². The van der Waals surface area contributed by atoms with E-state index < -0.39 is 17.6 Å². The van der Waals surface area contributed by atoms with Crippen molar-refractivity contribution in [1.29, 1.82) is 0 Å². The summed E-state index contributed by atoms with van der Waals surface area (Å²) in [6.45, 7) is 3.41. The number of hydrogen-bond acceptors (Lipinski definition) is 4. The van der Waals surface area contributed by atoms with Gasteiger partial charge >= 0.3 is 6.18 Å². The zero-order valence-electron chi connectivity index (χ0n) is 15.3. The van der Waals surface area contributed by atoms with Crippen LogP contribution in [0.25, 0.3) is 0 Å². The Morgan fingerprint density at radius 1 is 1.07 bits per heavy atom. The molecule has 1 aliphatic rings. The van der Waals surface area contributed by atoms with Crippen LogP contribution >= 0.6 is 0 Å². The number of hydrogen-bond donors (Lipinski definition) is 1. The molecule has 0 saturated carbocycles. The molecule has 0 aliphatic carbocycles. The van der Waals surface area contributed by atoms with Crippen LogP contribution in [0.4, 0.5) is 18.9 Å². The number of anilines is 1. The molecule has 0 atom stereocenters. The summed E-state index contributed by atoms with van der Waals surface area (Å²) in [6.07, 6.45) is -4.54. The molecule has 6 nitrogen and oxygen atoms in total. The van der Waals surface area contributed by atoms with Gasteiger partial charge in [0.15, 0.2) is 5.76 Å². The van der Waals surface area contributed by atoms with Crippen LogP contribution in [-0.4, -0.2) is 54.3 Å². The molecule has 1 fully saturated rings. The Morgan fingerprint density at radius 3 is 2.36 bits per heavy atom. The maximum Gasteiger partial charge on any atom is 0.418 e. The average Bonchev–Trinajstić information content (AvgIpc) is 3.07. The first-order valence-corrected chi connectivity index (χ1v) is 8.78. The van der Waals surface area contributed by atoms with Crippen molar-refractivity contribution < 1.29 is 27.2 Å². The highest BCUT2D eigenvalue weighted by Crippen LogP contribution is 2.34. The molecule has 2 amide bonds. The minimum atomic E-state index is -4.54. The van der Waals surface area contributed by atoms with Crippen molar-refractivity contribution in [2.45, 2.75) is 13.1 Å². The number of furan rings is 1. The maximum absolute atomic E-state index is 13.0. The number of rotatable bonds is 4. The van der Waals surface area contributed by atoms with Crippen LogP contribution in [0.1, 0.15) is 21.9 Å². The third-order valence-corrected chi connectivity index (χ3v) is 4.48. The fourth-order valence-corrected chi connectivity index (χ4v) is 3.05. The molecule has 9 heteroatoms. The SMILES string of the molecule is Cc1ccc(C(=O)N2CCN(CC(=O)Nc3ccccc3C(F)(F)F)CC2)o1. The van der Waals surface area contributed by atoms with Gasteiger partial charge in [-0.15, -0.1) is 0 Å². The fraction of sp³-hybridized carbons (Fsp3) is 0.368. The average molecular weight is 395 g/mol. The van der Waals surface area contributed by atoms with Gasteiger partial charge in [-0.3, -0.25) is 14.5 Å². The van der Waals surface area contributed by atoms with E-state index in [1.54, 1.807) is 28.9 Å². The molecule has 0 unspecified atom stereocenters. The summed E-state index contributed by atoms with van der Waals surface area (Å²) in [6, 6.07) is 8.20. The van der Waals surface area contributed by atoms with Gasteiger partial charge < -0.3 is 14.6 Å². The summed E-state index contributed by atoms with van der Waals surface area (Å²) in [7, 11) is 0. The minimum Gasteiger partial charge on any atom is -0.456 e. The Balaban J connectivity index is 1.53. The van der Waals surface area contributed by atoms with E-state index in [1.807, 2.05) is 0 Å². The number of para-hydroxylation sites is 1. The molecular formula is C19H20F3N3O3. The minimum absolute atomic E-state index is 0.0475. The Morgan fingerprint density at radius 2 is 1.75 bits per heavy atom. The van der Waals surface area contributed by atoms with Crippen molar-refractivity contribution in [2.75, 3.05) is 38.0 Å². The molecule has 0 radical (unpaired) electrons. The number of piperazine rings is 1. The number of nitrogens with zero attached hydrogens (tertiary/aromatic N) is 2. The molecule has 150 valence electrons. The van der Waals surface area contributed by atoms with E-state index in [4.69, 9.17) is 4.42 Å². The Bertz CT molecular complexity index is 855. The van der Waals surface area contributed by atoms with Crippen molar-refractivity contribution in [2.24, 2.45) is 0 Å².